The molecule has 5 N–H and O–H groups in total. The first-order chi connectivity index (χ1) is 17.9. The number of aliphatic hydroxyl groups excluding tert-OH is 1. The zero-order valence-electron chi connectivity index (χ0n) is 23.4. The molecule has 0 aliphatic carbocycles. The van der Waals surface area contributed by atoms with E-state index in [1.807, 2.05) is 32.1 Å². The van der Waals surface area contributed by atoms with Gasteiger partial charge in [0.1, 0.15) is 6.61 Å². The summed E-state index contributed by atoms with van der Waals surface area (Å²) in [7, 11) is 3.11. The van der Waals surface area contributed by atoms with E-state index in [1.165, 1.54) is 7.11 Å². The molecule has 6 atom stereocenters. The van der Waals surface area contributed by atoms with Crippen molar-refractivity contribution in [2.24, 2.45) is 17.6 Å². The van der Waals surface area contributed by atoms with Crippen LogP contribution in [0.4, 0.5) is 10.5 Å². The average molecular weight is 533 g/mol. The number of hydrogen-bond acceptors (Lipinski definition) is 8. The summed E-state index contributed by atoms with van der Waals surface area (Å²) in [6, 6.07) is 5.70. The minimum atomic E-state index is -0.921. The number of esters is 1. The lowest BCUT2D eigenvalue weighted by Crippen LogP contribution is -2.37. The summed E-state index contributed by atoms with van der Waals surface area (Å²) in [5.41, 5.74) is 15.1. The number of nitrogen functional groups attached to an aromatic ring is 1. The first-order valence-electron chi connectivity index (χ1n) is 13.0. The zero-order valence-corrected chi connectivity index (χ0v) is 23.4. The summed E-state index contributed by atoms with van der Waals surface area (Å²) in [4.78, 5) is 24.3. The van der Waals surface area contributed by atoms with Crippen LogP contribution in [0.15, 0.2) is 41.5 Å². The maximum Gasteiger partial charge on any atom is 0.405 e. The van der Waals surface area contributed by atoms with Crippen LogP contribution in [0.2, 0.25) is 0 Å². The number of anilines is 1. The number of fused-ring (bicyclic) bond motifs is 2. The molecular weight excluding hydrogens is 488 g/mol. The predicted octanol–water partition coefficient (Wildman–Crippen LogP) is 4.06. The molecule has 0 radical (unpaired) electrons. The summed E-state index contributed by atoms with van der Waals surface area (Å²) >= 11 is 0. The summed E-state index contributed by atoms with van der Waals surface area (Å²) < 4.78 is 22.3. The fourth-order valence-corrected chi connectivity index (χ4v) is 4.99. The fourth-order valence-electron chi connectivity index (χ4n) is 4.99. The molecule has 38 heavy (non-hydrogen) atoms. The minimum Gasteiger partial charge on any atom is -0.457 e. The van der Waals surface area contributed by atoms with Crippen molar-refractivity contribution in [2.45, 2.75) is 84.4 Å². The molecule has 1 aliphatic rings. The quantitative estimate of drug-likeness (QED) is 0.300. The van der Waals surface area contributed by atoms with Gasteiger partial charge >= 0.3 is 12.1 Å². The highest BCUT2D eigenvalue weighted by molar-refractivity contribution is 5.87. The third kappa shape index (κ3) is 9.45. The first kappa shape index (κ1) is 31.3. The molecule has 0 fully saturated rings. The van der Waals surface area contributed by atoms with Crippen LogP contribution in [0.25, 0.3) is 0 Å². The average Bonchev–Trinajstić information content (AvgIpc) is 2.85. The highest BCUT2D eigenvalue weighted by Gasteiger charge is 2.30. The highest BCUT2D eigenvalue weighted by Crippen LogP contribution is 2.26. The second-order valence-corrected chi connectivity index (χ2v) is 10.3. The number of benzene rings is 1. The summed E-state index contributed by atoms with van der Waals surface area (Å²) in [5, 5.41) is 11.2. The first-order valence-corrected chi connectivity index (χ1v) is 13.0. The third-order valence-electron chi connectivity index (χ3n) is 6.97. The molecule has 1 aromatic rings. The molecule has 9 heteroatoms. The molecule has 1 heterocycles. The number of cyclic esters (lactones) is 1. The lowest BCUT2D eigenvalue weighted by molar-refractivity contribution is -0.140. The van der Waals surface area contributed by atoms with E-state index in [9.17, 15) is 14.7 Å². The molecule has 0 spiro atoms. The summed E-state index contributed by atoms with van der Waals surface area (Å²) in [5.74, 6) is -0.550. The molecule has 0 saturated heterocycles. The van der Waals surface area contributed by atoms with Crippen molar-refractivity contribution in [3.63, 3.8) is 0 Å². The summed E-state index contributed by atoms with van der Waals surface area (Å²) in [6.45, 7) is 7.59. The molecule has 0 unspecified atom stereocenters. The lowest BCUT2D eigenvalue weighted by Gasteiger charge is -2.30. The number of carbonyl (C=O) groups is 2. The molecule has 1 amide bonds. The molecule has 0 aromatic heterocycles. The normalized spacial score (nSPS) is 31.2. The molecule has 212 valence electrons. The van der Waals surface area contributed by atoms with E-state index >= 15 is 0 Å². The Morgan fingerprint density at radius 2 is 1.74 bits per heavy atom. The number of methoxy groups -OCH3 is 2. The minimum absolute atomic E-state index is 0.104. The van der Waals surface area contributed by atoms with Gasteiger partial charge in [-0.05, 0) is 74.3 Å². The van der Waals surface area contributed by atoms with E-state index in [4.69, 9.17) is 30.4 Å². The van der Waals surface area contributed by atoms with Crippen LogP contribution in [-0.4, -0.2) is 55.8 Å². The van der Waals surface area contributed by atoms with Gasteiger partial charge in [-0.1, -0.05) is 32.1 Å². The van der Waals surface area contributed by atoms with Gasteiger partial charge in [-0.3, -0.25) is 0 Å². The second-order valence-electron chi connectivity index (χ2n) is 10.3. The van der Waals surface area contributed by atoms with Crippen LogP contribution in [-0.2, 0) is 36.8 Å². The van der Waals surface area contributed by atoms with Crippen LogP contribution in [0, 0.1) is 11.8 Å². The van der Waals surface area contributed by atoms with Crippen molar-refractivity contribution in [1.82, 2.24) is 0 Å². The number of amides is 1. The SMILES string of the molecule is CO[C@H]1C[C@H](C)Cc2cc(N)cc(c2)COC(=O)/C(C)=C/CC[C@H](OC)[C@@H](OC(N)=O)/C(C)=C/[C@H](C)[C@H]1O. The highest BCUT2D eigenvalue weighted by atomic mass is 16.6. The van der Waals surface area contributed by atoms with Gasteiger partial charge in [0.05, 0.1) is 18.3 Å². The van der Waals surface area contributed by atoms with Gasteiger partial charge in [0.15, 0.2) is 6.10 Å². The van der Waals surface area contributed by atoms with Crippen molar-refractivity contribution in [3.8, 4) is 0 Å². The standard InChI is InChI=1S/C29H44N2O7/c1-17-10-21-13-22(15-23(30)14-21)16-37-28(33)18(2)8-7-9-24(35-5)27(38-29(31)34)20(4)12-19(3)26(32)25(11-17)36-6/h8,12-15,17,19,24-27,32H,7,9-11,16,30H2,1-6H3,(H2,31,34)/b18-8+,20-12+/t17-,19+,24+,25+,26-,27+/m1/s1. The molecule has 9 nitrogen and oxygen atoms in total. The Morgan fingerprint density at radius 3 is 2.37 bits per heavy atom. The Kier molecular flexibility index (Phi) is 12.3. The van der Waals surface area contributed by atoms with Gasteiger partial charge in [0.25, 0.3) is 0 Å². The Morgan fingerprint density at radius 1 is 1.08 bits per heavy atom. The molecule has 2 rings (SSSR count). The Bertz CT molecular complexity index is 1010. The van der Waals surface area contributed by atoms with Crippen molar-refractivity contribution in [3.05, 3.63) is 52.6 Å². The predicted molar refractivity (Wildman–Crippen MR) is 146 cm³/mol. The summed E-state index contributed by atoms with van der Waals surface area (Å²) in [6.07, 6.45) is 2.49. The number of nitrogens with two attached hydrogens (primary N) is 2. The number of rotatable bonds is 3. The number of allylic oxidation sites excluding steroid dienone is 1. The number of carbonyl (C=O) groups excluding carboxylic acids is 2. The van der Waals surface area contributed by atoms with Crippen LogP contribution < -0.4 is 11.5 Å². The number of aliphatic hydroxyl groups is 1. The van der Waals surface area contributed by atoms with E-state index < -0.39 is 36.5 Å². The molecule has 2 bridgehead atoms. The maximum atomic E-state index is 12.6. The number of hydrogen-bond donors (Lipinski definition) is 3. The van der Waals surface area contributed by atoms with Crippen LogP contribution >= 0.6 is 0 Å². The van der Waals surface area contributed by atoms with Crippen molar-refractivity contribution >= 4 is 17.7 Å². The smallest absolute Gasteiger partial charge is 0.405 e. The van der Waals surface area contributed by atoms with E-state index in [2.05, 4.69) is 6.92 Å². The van der Waals surface area contributed by atoms with Gasteiger partial charge in [0, 0.05) is 31.4 Å². The monoisotopic (exact) mass is 532 g/mol. The van der Waals surface area contributed by atoms with E-state index in [0.29, 0.717) is 42.5 Å². The Balaban J connectivity index is 2.43. The van der Waals surface area contributed by atoms with Crippen LogP contribution in [0.5, 0.6) is 0 Å². The molecule has 1 aliphatic heterocycles. The van der Waals surface area contributed by atoms with Crippen LogP contribution in [0.1, 0.15) is 58.1 Å². The number of ether oxygens (including phenoxy) is 4. The van der Waals surface area contributed by atoms with Crippen molar-refractivity contribution < 1.29 is 33.6 Å². The maximum absolute atomic E-state index is 12.6. The fraction of sp³-hybridized carbons (Fsp3) is 0.586. The van der Waals surface area contributed by atoms with Gasteiger partial charge in [-0.15, -0.1) is 0 Å². The molecular formula is C29H44N2O7. The van der Waals surface area contributed by atoms with Crippen molar-refractivity contribution in [2.75, 3.05) is 20.0 Å². The molecule has 0 saturated carbocycles. The van der Waals surface area contributed by atoms with E-state index in [-0.39, 0.29) is 18.4 Å². The van der Waals surface area contributed by atoms with Crippen LogP contribution in [0.3, 0.4) is 0 Å². The molecule has 1 aromatic carbocycles. The Labute approximate surface area is 226 Å². The van der Waals surface area contributed by atoms with Gasteiger partial charge in [-0.25, -0.2) is 9.59 Å². The van der Waals surface area contributed by atoms with Gasteiger partial charge in [-0.2, -0.15) is 0 Å². The van der Waals surface area contributed by atoms with E-state index in [0.717, 1.165) is 11.1 Å². The van der Waals surface area contributed by atoms with E-state index in [1.54, 1.807) is 26.2 Å². The van der Waals surface area contributed by atoms with Crippen molar-refractivity contribution in [1.29, 1.82) is 0 Å². The van der Waals surface area contributed by atoms with Gasteiger partial charge in [0.2, 0.25) is 0 Å². The number of primary amides is 1. The Hall–Kier alpha value is -2.88. The third-order valence-corrected chi connectivity index (χ3v) is 6.97. The second kappa shape index (κ2) is 14.9. The van der Waals surface area contributed by atoms with Gasteiger partial charge < -0.3 is 35.5 Å². The lowest BCUT2D eigenvalue weighted by atomic mass is 9.88. The topological polar surface area (TPSA) is 143 Å². The zero-order chi connectivity index (χ0) is 28.4. The largest absolute Gasteiger partial charge is 0.457 e.